The molecule has 1 unspecified atom stereocenters. The monoisotopic (exact) mass is 290 g/mol. The summed E-state index contributed by atoms with van der Waals surface area (Å²) in [6.07, 6.45) is 14.2. The van der Waals surface area contributed by atoms with Crippen LogP contribution in [-0.2, 0) is 6.42 Å². The van der Waals surface area contributed by atoms with Crippen molar-refractivity contribution in [2.24, 2.45) is 11.5 Å². The van der Waals surface area contributed by atoms with Crippen molar-refractivity contribution in [2.45, 2.75) is 76.7 Å². The van der Waals surface area contributed by atoms with Crippen LogP contribution in [0.2, 0.25) is 0 Å². The van der Waals surface area contributed by atoms with E-state index in [1.807, 2.05) is 0 Å². The summed E-state index contributed by atoms with van der Waals surface area (Å²) in [5.74, 6) is 0. The van der Waals surface area contributed by atoms with E-state index in [0.29, 0.717) is 6.04 Å². The number of benzene rings is 1. The highest BCUT2D eigenvalue weighted by Crippen LogP contribution is 2.12. The molecular weight excluding hydrogens is 256 g/mol. The molecule has 2 heteroatoms. The topological polar surface area (TPSA) is 52.0 Å². The van der Waals surface area contributed by atoms with Crippen molar-refractivity contribution in [1.82, 2.24) is 0 Å². The highest BCUT2D eigenvalue weighted by atomic mass is 14.6. The van der Waals surface area contributed by atoms with Crippen molar-refractivity contribution in [3.8, 4) is 0 Å². The molecule has 4 N–H and O–H groups in total. The Morgan fingerprint density at radius 1 is 0.714 bits per heavy atom. The van der Waals surface area contributed by atoms with Gasteiger partial charge < -0.3 is 11.5 Å². The molecule has 1 aromatic carbocycles. The van der Waals surface area contributed by atoms with Gasteiger partial charge in [-0.1, -0.05) is 81.7 Å². The maximum Gasteiger partial charge on any atom is 0.00793 e. The third-order valence-corrected chi connectivity index (χ3v) is 4.12. The molecule has 0 saturated carbocycles. The van der Waals surface area contributed by atoms with Crippen LogP contribution in [0.1, 0.15) is 69.8 Å². The summed E-state index contributed by atoms with van der Waals surface area (Å²) >= 11 is 0. The van der Waals surface area contributed by atoms with Crippen molar-refractivity contribution in [1.29, 1.82) is 0 Å². The second-order valence-electron chi connectivity index (χ2n) is 6.21. The molecule has 0 aliphatic rings. The Morgan fingerprint density at radius 3 is 1.81 bits per heavy atom. The number of hydrogen-bond acceptors (Lipinski definition) is 2. The lowest BCUT2D eigenvalue weighted by atomic mass is 10.00. The SMILES string of the molecule is NCCCCCCCCCCCC(N)Cc1ccccc1. The van der Waals surface area contributed by atoms with Crippen molar-refractivity contribution in [3.05, 3.63) is 35.9 Å². The Balaban J connectivity index is 1.87. The zero-order valence-electron chi connectivity index (χ0n) is 13.6. The van der Waals surface area contributed by atoms with Gasteiger partial charge in [0.1, 0.15) is 0 Å². The van der Waals surface area contributed by atoms with E-state index in [-0.39, 0.29) is 0 Å². The van der Waals surface area contributed by atoms with E-state index in [9.17, 15) is 0 Å². The third kappa shape index (κ3) is 10.5. The van der Waals surface area contributed by atoms with Crippen LogP contribution >= 0.6 is 0 Å². The first-order valence-corrected chi connectivity index (χ1v) is 8.82. The van der Waals surface area contributed by atoms with Crippen molar-refractivity contribution in [2.75, 3.05) is 6.54 Å². The van der Waals surface area contributed by atoms with Crippen molar-refractivity contribution in [3.63, 3.8) is 0 Å². The van der Waals surface area contributed by atoms with Crippen LogP contribution in [0.15, 0.2) is 30.3 Å². The molecule has 0 amide bonds. The molecule has 21 heavy (non-hydrogen) atoms. The van der Waals surface area contributed by atoms with Gasteiger partial charge in [-0.15, -0.1) is 0 Å². The second-order valence-corrected chi connectivity index (χ2v) is 6.21. The first kappa shape index (κ1) is 18.2. The molecule has 1 atom stereocenters. The van der Waals surface area contributed by atoms with E-state index >= 15 is 0 Å². The van der Waals surface area contributed by atoms with E-state index in [4.69, 9.17) is 11.5 Å². The molecule has 0 aromatic heterocycles. The minimum absolute atomic E-state index is 0.323. The maximum absolute atomic E-state index is 6.20. The summed E-state index contributed by atoms with van der Waals surface area (Å²) in [5.41, 5.74) is 13.1. The fraction of sp³-hybridized carbons (Fsp3) is 0.684. The van der Waals surface area contributed by atoms with Gasteiger partial charge in [-0.05, 0) is 31.4 Å². The minimum Gasteiger partial charge on any atom is -0.330 e. The Labute approximate surface area is 131 Å². The predicted octanol–water partition coefficient (Wildman–Crippen LogP) is 4.42. The lowest BCUT2D eigenvalue weighted by Crippen LogP contribution is -2.22. The molecule has 0 spiro atoms. The summed E-state index contributed by atoms with van der Waals surface area (Å²) in [4.78, 5) is 0. The van der Waals surface area contributed by atoms with E-state index < -0.39 is 0 Å². The highest BCUT2D eigenvalue weighted by molar-refractivity contribution is 5.15. The third-order valence-electron chi connectivity index (χ3n) is 4.12. The maximum atomic E-state index is 6.20. The van der Waals surface area contributed by atoms with E-state index in [1.54, 1.807) is 0 Å². The van der Waals surface area contributed by atoms with Gasteiger partial charge in [0.05, 0.1) is 0 Å². The Kier molecular flexibility index (Phi) is 11.1. The molecular formula is C19H34N2. The lowest BCUT2D eigenvalue weighted by molar-refractivity contribution is 0.521. The van der Waals surface area contributed by atoms with E-state index in [0.717, 1.165) is 19.4 Å². The molecule has 0 aliphatic carbocycles. The predicted molar refractivity (Wildman–Crippen MR) is 93.3 cm³/mol. The van der Waals surface area contributed by atoms with Gasteiger partial charge in [0, 0.05) is 6.04 Å². The van der Waals surface area contributed by atoms with Gasteiger partial charge >= 0.3 is 0 Å². The van der Waals surface area contributed by atoms with E-state index in [1.165, 1.54) is 63.4 Å². The highest BCUT2D eigenvalue weighted by Gasteiger charge is 2.03. The number of hydrogen-bond donors (Lipinski definition) is 2. The average Bonchev–Trinajstić information content (AvgIpc) is 2.50. The van der Waals surface area contributed by atoms with Gasteiger partial charge in [0.2, 0.25) is 0 Å². The number of rotatable bonds is 13. The van der Waals surface area contributed by atoms with Crippen LogP contribution in [0.4, 0.5) is 0 Å². The van der Waals surface area contributed by atoms with Crippen molar-refractivity contribution < 1.29 is 0 Å². The molecule has 0 heterocycles. The van der Waals surface area contributed by atoms with Crippen LogP contribution in [0.3, 0.4) is 0 Å². The number of nitrogens with two attached hydrogens (primary N) is 2. The molecule has 0 radical (unpaired) electrons. The Bertz CT molecular complexity index is 324. The molecule has 2 nitrogen and oxygen atoms in total. The van der Waals surface area contributed by atoms with Crippen LogP contribution in [0.25, 0.3) is 0 Å². The molecule has 1 rings (SSSR count). The molecule has 0 fully saturated rings. The van der Waals surface area contributed by atoms with Crippen LogP contribution in [-0.4, -0.2) is 12.6 Å². The quantitative estimate of drug-likeness (QED) is 0.528. The fourth-order valence-corrected chi connectivity index (χ4v) is 2.81. The lowest BCUT2D eigenvalue weighted by Gasteiger charge is -2.11. The van der Waals surface area contributed by atoms with Gasteiger partial charge in [-0.2, -0.15) is 0 Å². The summed E-state index contributed by atoms with van der Waals surface area (Å²) in [7, 11) is 0. The molecule has 1 aromatic rings. The summed E-state index contributed by atoms with van der Waals surface area (Å²) in [6, 6.07) is 10.9. The molecule has 0 bridgehead atoms. The first-order valence-electron chi connectivity index (χ1n) is 8.82. The summed E-state index contributed by atoms with van der Waals surface area (Å²) < 4.78 is 0. The summed E-state index contributed by atoms with van der Waals surface area (Å²) in [6.45, 7) is 0.850. The first-order chi connectivity index (χ1) is 10.3. The van der Waals surface area contributed by atoms with Gasteiger partial charge in [0.25, 0.3) is 0 Å². The summed E-state index contributed by atoms with van der Waals surface area (Å²) in [5, 5.41) is 0. The van der Waals surface area contributed by atoms with Crippen LogP contribution < -0.4 is 11.5 Å². The minimum atomic E-state index is 0.323. The molecule has 0 aliphatic heterocycles. The number of unbranched alkanes of at least 4 members (excludes halogenated alkanes) is 8. The van der Waals surface area contributed by atoms with Gasteiger partial charge in [-0.3, -0.25) is 0 Å². The zero-order valence-corrected chi connectivity index (χ0v) is 13.6. The normalized spacial score (nSPS) is 12.5. The van der Waals surface area contributed by atoms with Gasteiger partial charge in [0.15, 0.2) is 0 Å². The smallest absolute Gasteiger partial charge is 0.00793 e. The zero-order chi connectivity index (χ0) is 15.2. The van der Waals surface area contributed by atoms with Crippen LogP contribution in [0, 0.1) is 0 Å². The Morgan fingerprint density at radius 2 is 1.24 bits per heavy atom. The Hall–Kier alpha value is -0.860. The standard InChI is InChI=1S/C19H34N2/c20-16-12-7-5-3-1-2-4-6-11-15-19(21)17-18-13-9-8-10-14-18/h8-10,13-14,19H,1-7,11-12,15-17,20-21H2. The fourth-order valence-electron chi connectivity index (χ4n) is 2.81. The van der Waals surface area contributed by atoms with E-state index in [2.05, 4.69) is 30.3 Å². The molecule has 0 saturated heterocycles. The largest absolute Gasteiger partial charge is 0.330 e. The van der Waals surface area contributed by atoms with Crippen molar-refractivity contribution >= 4 is 0 Å². The van der Waals surface area contributed by atoms with Gasteiger partial charge in [-0.25, -0.2) is 0 Å². The second kappa shape index (κ2) is 12.8. The van der Waals surface area contributed by atoms with Crippen LogP contribution in [0.5, 0.6) is 0 Å². The average molecular weight is 290 g/mol. The molecule has 120 valence electrons.